The molecule has 0 saturated carbocycles. The van der Waals surface area contributed by atoms with Crippen molar-refractivity contribution in [2.75, 3.05) is 27.8 Å². The molecule has 0 aliphatic carbocycles. The highest BCUT2D eigenvalue weighted by atomic mass is 16.5. The molecule has 0 fully saturated rings. The van der Waals surface area contributed by atoms with E-state index >= 15 is 0 Å². The molecule has 0 aliphatic rings. The van der Waals surface area contributed by atoms with Crippen LogP contribution in [0.5, 0.6) is 11.5 Å². The van der Waals surface area contributed by atoms with Crippen LogP contribution in [0.15, 0.2) is 24.3 Å². The van der Waals surface area contributed by atoms with Gasteiger partial charge in [0.25, 0.3) is 0 Å². The molecule has 0 saturated heterocycles. The number of rotatable bonds is 6. The Hall–Kier alpha value is -1.97. The second kappa shape index (κ2) is 7.46. The van der Waals surface area contributed by atoms with E-state index in [1.807, 2.05) is 18.2 Å². The highest BCUT2D eigenvalue weighted by Crippen LogP contribution is 2.28. The van der Waals surface area contributed by atoms with Gasteiger partial charge in [0.1, 0.15) is 0 Å². The van der Waals surface area contributed by atoms with Gasteiger partial charge in [0, 0.05) is 20.2 Å². The molecule has 104 valence electrons. The number of carbonyl (C=O) groups excluding carboxylic acids is 1. The Kier molecular flexibility index (Phi) is 5.93. The second-order valence-corrected chi connectivity index (χ2v) is 4.32. The van der Waals surface area contributed by atoms with Crippen molar-refractivity contribution >= 4 is 12.0 Å². The lowest BCUT2D eigenvalue weighted by Gasteiger charge is -2.10. The maximum Gasteiger partial charge on any atom is 0.246 e. The molecule has 0 unspecified atom stereocenters. The molecule has 0 N–H and O–H groups in total. The molecule has 0 heterocycles. The van der Waals surface area contributed by atoms with Gasteiger partial charge in [-0.3, -0.25) is 4.79 Å². The quantitative estimate of drug-likeness (QED) is 0.740. The third kappa shape index (κ3) is 4.66. The molecule has 0 spiro atoms. The zero-order valence-electron chi connectivity index (χ0n) is 12.0. The standard InChI is InChI=1S/C15H21NO3/c1-5-10-19-13-8-6-12(11-14(13)18-4)7-9-15(17)16(2)3/h6-9,11H,5,10H2,1-4H3/b9-7+. The fourth-order valence-electron chi connectivity index (χ4n) is 1.44. The summed E-state index contributed by atoms with van der Waals surface area (Å²) in [6.07, 6.45) is 4.23. The number of carbonyl (C=O) groups is 1. The molecule has 0 bridgehead atoms. The molecule has 0 atom stereocenters. The van der Waals surface area contributed by atoms with Gasteiger partial charge >= 0.3 is 0 Å². The Morgan fingerprint density at radius 3 is 2.63 bits per heavy atom. The third-order valence-corrected chi connectivity index (χ3v) is 2.51. The SMILES string of the molecule is CCCOc1ccc(/C=C/C(=O)N(C)C)cc1OC. The van der Waals surface area contributed by atoms with Crippen LogP contribution in [0.3, 0.4) is 0 Å². The first kappa shape index (κ1) is 15.1. The van der Waals surface area contributed by atoms with Gasteiger partial charge < -0.3 is 14.4 Å². The van der Waals surface area contributed by atoms with Gasteiger partial charge in [0.15, 0.2) is 11.5 Å². The van der Waals surface area contributed by atoms with Gasteiger partial charge in [-0.2, -0.15) is 0 Å². The van der Waals surface area contributed by atoms with Crippen LogP contribution < -0.4 is 9.47 Å². The molecular formula is C15H21NO3. The summed E-state index contributed by atoms with van der Waals surface area (Å²) in [7, 11) is 5.04. The van der Waals surface area contributed by atoms with Crippen LogP contribution in [0, 0.1) is 0 Å². The predicted octanol–water partition coefficient (Wildman–Crippen LogP) is 2.59. The third-order valence-electron chi connectivity index (χ3n) is 2.51. The summed E-state index contributed by atoms with van der Waals surface area (Å²) in [4.78, 5) is 13.0. The van der Waals surface area contributed by atoms with Gasteiger partial charge in [0.2, 0.25) is 5.91 Å². The van der Waals surface area contributed by atoms with E-state index in [2.05, 4.69) is 6.92 Å². The van der Waals surface area contributed by atoms with E-state index in [0.717, 1.165) is 17.7 Å². The molecular weight excluding hydrogens is 242 g/mol. The van der Waals surface area contributed by atoms with Crippen molar-refractivity contribution in [3.8, 4) is 11.5 Å². The van der Waals surface area contributed by atoms with Gasteiger partial charge in [-0.05, 0) is 30.2 Å². The molecule has 0 aromatic heterocycles. The molecule has 1 rings (SSSR count). The summed E-state index contributed by atoms with van der Waals surface area (Å²) >= 11 is 0. The van der Waals surface area contributed by atoms with Crippen LogP contribution in [-0.4, -0.2) is 38.6 Å². The minimum atomic E-state index is -0.0507. The average molecular weight is 263 g/mol. The van der Waals surface area contributed by atoms with Crippen molar-refractivity contribution in [1.82, 2.24) is 4.90 Å². The highest BCUT2D eigenvalue weighted by molar-refractivity contribution is 5.91. The minimum absolute atomic E-state index is 0.0507. The van der Waals surface area contributed by atoms with Crippen LogP contribution in [0.4, 0.5) is 0 Å². The summed E-state index contributed by atoms with van der Waals surface area (Å²) in [5, 5.41) is 0. The number of hydrogen-bond donors (Lipinski definition) is 0. The molecule has 0 aliphatic heterocycles. The van der Waals surface area contributed by atoms with E-state index in [9.17, 15) is 4.79 Å². The van der Waals surface area contributed by atoms with Crippen LogP contribution in [0.2, 0.25) is 0 Å². The summed E-state index contributed by atoms with van der Waals surface area (Å²) in [5.41, 5.74) is 0.899. The monoisotopic (exact) mass is 263 g/mol. The lowest BCUT2D eigenvalue weighted by molar-refractivity contribution is -0.123. The van der Waals surface area contributed by atoms with Crippen molar-refractivity contribution in [2.45, 2.75) is 13.3 Å². The fraction of sp³-hybridized carbons (Fsp3) is 0.400. The van der Waals surface area contributed by atoms with E-state index < -0.39 is 0 Å². The van der Waals surface area contributed by atoms with Crippen molar-refractivity contribution in [1.29, 1.82) is 0 Å². The smallest absolute Gasteiger partial charge is 0.246 e. The van der Waals surface area contributed by atoms with Gasteiger partial charge in [-0.15, -0.1) is 0 Å². The average Bonchev–Trinajstić information content (AvgIpc) is 2.42. The number of methoxy groups -OCH3 is 1. The van der Waals surface area contributed by atoms with Crippen molar-refractivity contribution in [3.05, 3.63) is 29.8 Å². The van der Waals surface area contributed by atoms with Crippen molar-refractivity contribution < 1.29 is 14.3 Å². The first-order valence-corrected chi connectivity index (χ1v) is 6.28. The fourth-order valence-corrected chi connectivity index (χ4v) is 1.44. The topological polar surface area (TPSA) is 38.8 Å². The number of hydrogen-bond acceptors (Lipinski definition) is 3. The van der Waals surface area contributed by atoms with Gasteiger partial charge in [-0.25, -0.2) is 0 Å². The number of nitrogens with zero attached hydrogens (tertiary/aromatic N) is 1. The maximum atomic E-state index is 11.5. The molecule has 4 nitrogen and oxygen atoms in total. The molecule has 1 amide bonds. The minimum Gasteiger partial charge on any atom is -0.493 e. The number of likely N-dealkylation sites (N-methyl/N-ethyl adjacent to an activating group) is 1. The van der Waals surface area contributed by atoms with Crippen molar-refractivity contribution in [2.24, 2.45) is 0 Å². The molecule has 19 heavy (non-hydrogen) atoms. The zero-order chi connectivity index (χ0) is 14.3. The summed E-state index contributed by atoms with van der Waals surface area (Å²) in [5.74, 6) is 1.35. The Morgan fingerprint density at radius 2 is 2.05 bits per heavy atom. The zero-order valence-corrected chi connectivity index (χ0v) is 12.0. The normalized spacial score (nSPS) is 10.5. The first-order chi connectivity index (χ1) is 9.08. The summed E-state index contributed by atoms with van der Waals surface area (Å²) < 4.78 is 10.9. The Morgan fingerprint density at radius 1 is 1.32 bits per heavy atom. The lowest BCUT2D eigenvalue weighted by atomic mass is 10.2. The highest BCUT2D eigenvalue weighted by Gasteiger charge is 2.04. The number of ether oxygens (including phenoxy) is 2. The predicted molar refractivity (Wildman–Crippen MR) is 76.5 cm³/mol. The number of benzene rings is 1. The Bertz CT molecular complexity index is 453. The largest absolute Gasteiger partial charge is 0.493 e. The van der Waals surface area contributed by atoms with E-state index in [1.54, 1.807) is 27.3 Å². The molecule has 4 heteroatoms. The van der Waals surface area contributed by atoms with E-state index in [4.69, 9.17) is 9.47 Å². The van der Waals surface area contributed by atoms with Crippen molar-refractivity contribution in [3.63, 3.8) is 0 Å². The van der Waals surface area contributed by atoms with E-state index in [1.165, 1.54) is 11.0 Å². The van der Waals surface area contributed by atoms with E-state index in [0.29, 0.717) is 12.4 Å². The second-order valence-electron chi connectivity index (χ2n) is 4.32. The molecule has 1 aromatic carbocycles. The first-order valence-electron chi connectivity index (χ1n) is 6.28. The number of amides is 1. The Balaban J connectivity index is 2.84. The Labute approximate surface area is 114 Å². The summed E-state index contributed by atoms with van der Waals surface area (Å²) in [6.45, 7) is 2.71. The lowest BCUT2D eigenvalue weighted by Crippen LogP contribution is -2.18. The van der Waals surface area contributed by atoms with Crippen LogP contribution in [0.1, 0.15) is 18.9 Å². The van der Waals surface area contributed by atoms with Gasteiger partial charge in [-0.1, -0.05) is 13.0 Å². The summed E-state index contributed by atoms with van der Waals surface area (Å²) in [6, 6.07) is 5.60. The van der Waals surface area contributed by atoms with Crippen LogP contribution >= 0.6 is 0 Å². The van der Waals surface area contributed by atoms with E-state index in [-0.39, 0.29) is 5.91 Å². The molecule has 0 radical (unpaired) electrons. The van der Waals surface area contributed by atoms with Crippen LogP contribution in [-0.2, 0) is 4.79 Å². The molecule has 1 aromatic rings. The van der Waals surface area contributed by atoms with Gasteiger partial charge in [0.05, 0.1) is 13.7 Å². The van der Waals surface area contributed by atoms with Crippen LogP contribution in [0.25, 0.3) is 6.08 Å². The maximum absolute atomic E-state index is 11.5.